The molecule has 0 amide bonds. The highest BCUT2D eigenvalue weighted by molar-refractivity contribution is 5.86. The average molecular weight is 394 g/mol. The molecule has 0 fully saturated rings. The number of nitrogens with two attached hydrogens (primary N) is 1. The standard InChI is InChI=1S/C25H22N4O/c26-23(12-17-5-6-18-3-1-2-4-19(18)11-17)16-28-25-14-24(29-30-25)21-7-8-22-15-27-10-9-20(22)13-21/h1-11,13-15,23,28H,12,16,26H2. The largest absolute Gasteiger partial charge is 0.352 e. The normalized spacial score (nSPS) is 12.3. The van der Waals surface area contributed by atoms with E-state index in [0.29, 0.717) is 12.4 Å². The van der Waals surface area contributed by atoms with Gasteiger partial charge in [-0.3, -0.25) is 4.98 Å². The lowest BCUT2D eigenvalue weighted by Crippen LogP contribution is -2.31. The topological polar surface area (TPSA) is 77.0 Å². The van der Waals surface area contributed by atoms with E-state index in [-0.39, 0.29) is 6.04 Å². The van der Waals surface area contributed by atoms with Crippen LogP contribution in [0.5, 0.6) is 0 Å². The number of nitrogens with one attached hydrogen (secondary N) is 1. The lowest BCUT2D eigenvalue weighted by Gasteiger charge is -2.12. The van der Waals surface area contributed by atoms with E-state index in [1.54, 1.807) is 6.20 Å². The molecule has 0 saturated carbocycles. The number of rotatable bonds is 6. The van der Waals surface area contributed by atoms with Gasteiger partial charge in [0.25, 0.3) is 0 Å². The van der Waals surface area contributed by atoms with Gasteiger partial charge < -0.3 is 15.6 Å². The molecule has 0 aliphatic heterocycles. The Bertz CT molecular complexity index is 1310. The Balaban J connectivity index is 1.23. The molecule has 0 bridgehead atoms. The first-order valence-corrected chi connectivity index (χ1v) is 10.0. The van der Waals surface area contributed by atoms with Crippen molar-refractivity contribution in [1.82, 2.24) is 10.1 Å². The predicted octanol–water partition coefficient (Wildman–Crippen LogP) is 5.02. The van der Waals surface area contributed by atoms with E-state index in [0.717, 1.165) is 28.5 Å². The number of hydrogen-bond donors (Lipinski definition) is 2. The van der Waals surface area contributed by atoms with Crippen LogP contribution in [-0.4, -0.2) is 22.7 Å². The second-order valence-electron chi connectivity index (χ2n) is 7.54. The number of hydrogen-bond acceptors (Lipinski definition) is 5. The smallest absolute Gasteiger partial charge is 0.225 e. The van der Waals surface area contributed by atoms with Crippen LogP contribution in [0.15, 0.2) is 89.7 Å². The maximum absolute atomic E-state index is 6.35. The molecule has 3 aromatic carbocycles. The SMILES string of the molecule is NC(CNc1cc(-c2ccc3cnccc3c2)no1)Cc1ccc2ccccc2c1. The molecule has 0 aliphatic carbocycles. The first kappa shape index (κ1) is 18.3. The fourth-order valence-corrected chi connectivity index (χ4v) is 3.71. The van der Waals surface area contributed by atoms with Crippen LogP contribution in [0.3, 0.4) is 0 Å². The van der Waals surface area contributed by atoms with Gasteiger partial charge in [0.05, 0.1) is 0 Å². The zero-order valence-corrected chi connectivity index (χ0v) is 16.5. The minimum Gasteiger partial charge on any atom is -0.352 e. The highest BCUT2D eigenvalue weighted by atomic mass is 16.5. The minimum atomic E-state index is -0.0344. The lowest BCUT2D eigenvalue weighted by atomic mass is 10.0. The van der Waals surface area contributed by atoms with E-state index < -0.39 is 0 Å². The van der Waals surface area contributed by atoms with Gasteiger partial charge in [-0.1, -0.05) is 59.8 Å². The molecule has 0 spiro atoms. The molecule has 5 aromatic rings. The Labute approximate surface area is 174 Å². The predicted molar refractivity (Wildman–Crippen MR) is 121 cm³/mol. The Kier molecular flexibility index (Phi) is 4.87. The van der Waals surface area contributed by atoms with Crippen molar-refractivity contribution in [1.29, 1.82) is 0 Å². The zero-order chi connectivity index (χ0) is 20.3. The summed E-state index contributed by atoms with van der Waals surface area (Å²) in [5, 5.41) is 12.2. The van der Waals surface area contributed by atoms with Crippen molar-refractivity contribution in [2.45, 2.75) is 12.5 Å². The van der Waals surface area contributed by atoms with E-state index in [1.807, 2.05) is 30.5 Å². The van der Waals surface area contributed by atoms with Gasteiger partial charge in [0.15, 0.2) is 0 Å². The van der Waals surface area contributed by atoms with E-state index in [1.165, 1.54) is 16.3 Å². The van der Waals surface area contributed by atoms with Gasteiger partial charge >= 0.3 is 0 Å². The zero-order valence-electron chi connectivity index (χ0n) is 16.5. The quantitative estimate of drug-likeness (QED) is 0.423. The van der Waals surface area contributed by atoms with Gasteiger partial charge in [-0.2, -0.15) is 0 Å². The summed E-state index contributed by atoms with van der Waals surface area (Å²) in [6.45, 7) is 0.602. The molecular weight excluding hydrogens is 372 g/mol. The van der Waals surface area contributed by atoms with Crippen LogP contribution in [0.1, 0.15) is 5.56 Å². The third-order valence-corrected chi connectivity index (χ3v) is 5.30. The number of aromatic nitrogens is 2. The van der Waals surface area contributed by atoms with E-state index in [4.69, 9.17) is 10.3 Å². The number of benzene rings is 3. The van der Waals surface area contributed by atoms with Crippen molar-refractivity contribution in [3.05, 3.63) is 90.8 Å². The summed E-state index contributed by atoms with van der Waals surface area (Å²) >= 11 is 0. The molecule has 0 aliphatic rings. The highest BCUT2D eigenvalue weighted by Crippen LogP contribution is 2.25. The first-order valence-electron chi connectivity index (χ1n) is 10.0. The van der Waals surface area contributed by atoms with Crippen LogP contribution in [0.4, 0.5) is 5.88 Å². The number of anilines is 1. The van der Waals surface area contributed by atoms with Gasteiger partial charge in [0.1, 0.15) is 5.69 Å². The summed E-state index contributed by atoms with van der Waals surface area (Å²) in [6.07, 6.45) is 4.43. The van der Waals surface area contributed by atoms with Gasteiger partial charge in [0.2, 0.25) is 5.88 Å². The molecule has 0 saturated heterocycles. The summed E-state index contributed by atoms with van der Waals surface area (Å²) in [4.78, 5) is 4.15. The second-order valence-corrected chi connectivity index (χ2v) is 7.54. The molecule has 5 rings (SSSR count). The van der Waals surface area contributed by atoms with Crippen molar-refractivity contribution in [2.24, 2.45) is 5.73 Å². The second kappa shape index (κ2) is 7.97. The highest BCUT2D eigenvalue weighted by Gasteiger charge is 2.10. The molecule has 2 heterocycles. The van der Waals surface area contributed by atoms with Crippen molar-refractivity contribution in [3.8, 4) is 11.3 Å². The van der Waals surface area contributed by atoms with Crippen LogP contribution in [-0.2, 0) is 6.42 Å². The number of pyridine rings is 1. The van der Waals surface area contributed by atoms with E-state index >= 15 is 0 Å². The van der Waals surface area contributed by atoms with Crippen LogP contribution in [0.2, 0.25) is 0 Å². The van der Waals surface area contributed by atoms with Crippen LogP contribution in [0, 0.1) is 0 Å². The Morgan fingerprint density at radius 3 is 2.63 bits per heavy atom. The van der Waals surface area contributed by atoms with Gasteiger partial charge in [0, 0.05) is 42.0 Å². The molecule has 0 radical (unpaired) electrons. The molecule has 5 heteroatoms. The Morgan fingerprint density at radius 1 is 0.867 bits per heavy atom. The van der Waals surface area contributed by atoms with E-state index in [9.17, 15) is 0 Å². The molecule has 3 N–H and O–H groups in total. The summed E-state index contributed by atoms with van der Waals surface area (Å²) < 4.78 is 5.46. The first-order chi connectivity index (χ1) is 14.7. The summed E-state index contributed by atoms with van der Waals surface area (Å²) in [5.41, 5.74) is 9.37. The van der Waals surface area contributed by atoms with Crippen LogP contribution in [0.25, 0.3) is 32.8 Å². The molecule has 1 unspecified atom stereocenters. The van der Waals surface area contributed by atoms with Gasteiger partial charge in [-0.05, 0) is 40.3 Å². The lowest BCUT2D eigenvalue weighted by molar-refractivity contribution is 0.433. The third kappa shape index (κ3) is 3.88. The summed E-state index contributed by atoms with van der Waals surface area (Å²) in [5.74, 6) is 0.619. The number of fused-ring (bicyclic) bond motifs is 2. The van der Waals surface area contributed by atoms with Crippen molar-refractivity contribution < 1.29 is 4.52 Å². The molecular formula is C25H22N4O. The molecule has 1 atom stereocenters. The molecule has 148 valence electrons. The van der Waals surface area contributed by atoms with Crippen LogP contribution >= 0.6 is 0 Å². The third-order valence-electron chi connectivity index (χ3n) is 5.30. The Morgan fingerprint density at radius 2 is 1.70 bits per heavy atom. The maximum Gasteiger partial charge on any atom is 0.225 e. The van der Waals surface area contributed by atoms with Crippen LogP contribution < -0.4 is 11.1 Å². The van der Waals surface area contributed by atoms with Gasteiger partial charge in [-0.15, -0.1) is 0 Å². The number of nitrogens with zero attached hydrogens (tertiary/aromatic N) is 2. The fourth-order valence-electron chi connectivity index (χ4n) is 3.71. The average Bonchev–Trinajstić information content (AvgIpc) is 3.26. The van der Waals surface area contributed by atoms with Crippen molar-refractivity contribution in [2.75, 3.05) is 11.9 Å². The monoisotopic (exact) mass is 394 g/mol. The fraction of sp³-hybridized carbons (Fsp3) is 0.120. The summed E-state index contributed by atoms with van der Waals surface area (Å²) in [6, 6.07) is 24.9. The minimum absolute atomic E-state index is 0.0344. The maximum atomic E-state index is 6.35. The summed E-state index contributed by atoms with van der Waals surface area (Å²) in [7, 11) is 0. The molecule has 30 heavy (non-hydrogen) atoms. The van der Waals surface area contributed by atoms with Gasteiger partial charge in [-0.25, -0.2) is 0 Å². The van der Waals surface area contributed by atoms with E-state index in [2.05, 4.69) is 64.0 Å². The Hall–Kier alpha value is -3.70. The van der Waals surface area contributed by atoms with Crippen molar-refractivity contribution >= 4 is 27.4 Å². The van der Waals surface area contributed by atoms with Crippen molar-refractivity contribution in [3.63, 3.8) is 0 Å². The molecule has 2 aromatic heterocycles. The molecule has 5 nitrogen and oxygen atoms in total.